The Morgan fingerprint density at radius 3 is 3.17 bits per heavy atom. The Labute approximate surface area is 70.1 Å². The smallest absolute Gasteiger partial charge is 0.148 e. The van der Waals surface area contributed by atoms with E-state index in [0.29, 0.717) is 18.7 Å². The Bertz CT molecular complexity index is 269. The number of nitrogens with zero attached hydrogens (tertiary/aromatic N) is 2. The predicted molar refractivity (Wildman–Crippen MR) is 41.4 cm³/mol. The largest absolute Gasteiger partial charge is 0.364 e. The van der Waals surface area contributed by atoms with E-state index in [-0.39, 0.29) is 0 Å². The topological polar surface area (TPSA) is 46.3 Å². The second kappa shape index (κ2) is 3.06. The van der Waals surface area contributed by atoms with Crippen molar-refractivity contribution in [2.75, 3.05) is 13.1 Å². The molecular formula is C8H10N2O2. The molecule has 2 heterocycles. The highest BCUT2D eigenvalue weighted by atomic mass is 16.5. The lowest BCUT2D eigenvalue weighted by Gasteiger charge is -2.09. The zero-order valence-corrected chi connectivity index (χ0v) is 6.69. The summed E-state index contributed by atoms with van der Waals surface area (Å²) in [5, 5.41) is 3.78. The number of hydrogen-bond donors (Lipinski definition) is 0. The second-order valence-electron chi connectivity index (χ2n) is 2.99. The van der Waals surface area contributed by atoms with E-state index in [9.17, 15) is 4.79 Å². The summed E-state index contributed by atoms with van der Waals surface area (Å²) in [4.78, 5) is 13.0. The molecule has 2 rings (SSSR count). The van der Waals surface area contributed by atoms with Crippen LogP contribution in [0.5, 0.6) is 0 Å². The Balaban J connectivity index is 1.92. The van der Waals surface area contributed by atoms with E-state index in [1.54, 1.807) is 6.26 Å². The normalized spacial score (nSPS) is 18.8. The van der Waals surface area contributed by atoms with Gasteiger partial charge in [0.2, 0.25) is 0 Å². The van der Waals surface area contributed by atoms with Crippen LogP contribution >= 0.6 is 0 Å². The number of Topliss-reactive ketones (excluding diaryl/α,β-unsaturated/α-hetero) is 1. The lowest BCUT2D eigenvalue weighted by Crippen LogP contribution is -2.20. The van der Waals surface area contributed by atoms with Gasteiger partial charge in [-0.2, -0.15) is 0 Å². The van der Waals surface area contributed by atoms with Gasteiger partial charge in [-0.15, -0.1) is 0 Å². The molecule has 0 unspecified atom stereocenters. The number of hydrogen-bond acceptors (Lipinski definition) is 4. The standard InChI is InChI=1S/C8H10N2O2/c11-8-1-3-10(6-8)5-7-2-4-12-9-7/h2,4H,1,3,5-6H2. The summed E-state index contributed by atoms with van der Waals surface area (Å²) in [5.74, 6) is 0.318. The van der Waals surface area contributed by atoms with E-state index in [1.807, 2.05) is 6.07 Å². The number of carbonyl (C=O) groups is 1. The fourth-order valence-corrected chi connectivity index (χ4v) is 1.37. The Kier molecular flexibility index (Phi) is 1.91. The lowest BCUT2D eigenvalue weighted by molar-refractivity contribution is -0.116. The summed E-state index contributed by atoms with van der Waals surface area (Å²) in [6, 6.07) is 1.82. The van der Waals surface area contributed by atoms with Crippen molar-refractivity contribution in [3.05, 3.63) is 18.0 Å². The molecule has 0 spiro atoms. The summed E-state index contributed by atoms with van der Waals surface area (Å²) >= 11 is 0. The number of carbonyl (C=O) groups excluding carboxylic acids is 1. The fraction of sp³-hybridized carbons (Fsp3) is 0.500. The van der Waals surface area contributed by atoms with Gasteiger partial charge in [-0.1, -0.05) is 5.16 Å². The van der Waals surface area contributed by atoms with Gasteiger partial charge in [-0.3, -0.25) is 9.69 Å². The van der Waals surface area contributed by atoms with Crippen LogP contribution in [0.1, 0.15) is 12.1 Å². The maximum atomic E-state index is 10.9. The number of ketones is 1. The van der Waals surface area contributed by atoms with Crippen LogP contribution in [0, 0.1) is 0 Å². The molecule has 0 saturated carbocycles. The van der Waals surface area contributed by atoms with Crippen LogP contribution in [-0.2, 0) is 11.3 Å². The first-order valence-electron chi connectivity index (χ1n) is 3.98. The number of rotatable bonds is 2. The first kappa shape index (κ1) is 7.49. The van der Waals surface area contributed by atoms with Crippen LogP contribution in [0.2, 0.25) is 0 Å². The molecule has 1 aliphatic rings. The first-order valence-corrected chi connectivity index (χ1v) is 3.98. The average Bonchev–Trinajstić information content (AvgIpc) is 2.63. The van der Waals surface area contributed by atoms with E-state index in [2.05, 4.69) is 10.1 Å². The van der Waals surface area contributed by atoms with Gasteiger partial charge in [-0.05, 0) is 0 Å². The van der Waals surface area contributed by atoms with Crippen molar-refractivity contribution in [1.29, 1.82) is 0 Å². The molecule has 1 fully saturated rings. The van der Waals surface area contributed by atoms with Crippen molar-refractivity contribution in [2.45, 2.75) is 13.0 Å². The van der Waals surface area contributed by atoms with Gasteiger partial charge in [0.1, 0.15) is 12.0 Å². The van der Waals surface area contributed by atoms with Crippen LogP contribution < -0.4 is 0 Å². The zero-order valence-electron chi connectivity index (χ0n) is 6.69. The summed E-state index contributed by atoms with van der Waals surface area (Å²) in [6.07, 6.45) is 2.23. The van der Waals surface area contributed by atoms with Gasteiger partial charge >= 0.3 is 0 Å². The zero-order chi connectivity index (χ0) is 8.39. The molecule has 0 amide bonds. The molecule has 0 bridgehead atoms. The monoisotopic (exact) mass is 166 g/mol. The van der Waals surface area contributed by atoms with Crippen molar-refractivity contribution in [1.82, 2.24) is 10.1 Å². The third kappa shape index (κ3) is 1.53. The summed E-state index contributed by atoms with van der Waals surface area (Å²) in [5.41, 5.74) is 0.893. The van der Waals surface area contributed by atoms with E-state index >= 15 is 0 Å². The number of aromatic nitrogens is 1. The van der Waals surface area contributed by atoms with Gasteiger partial charge in [0.15, 0.2) is 0 Å². The molecule has 1 aromatic heterocycles. The Hall–Kier alpha value is -1.16. The van der Waals surface area contributed by atoms with Gasteiger partial charge in [0.25, 0.3) is 0 Å². The van der Waals surface area contributed by atoms with Crippen molar-refractivity contribution in [3.63, 3.8) is 0 Å². The molecule has 64 valence electrons. The van der Waals surface area contributed by atoms with Gasteiger partial charge in [0.05, 0.1) is 12.2 Å². The molecule has 4 heteroatoms. The first-order chi connectivity index (χ1) is 5.84. The quantitative estimate of drug-likeness (QED) is 0.640. The molecule has 4 nitrogen and oxygen atoms in total. The minimum atomic E-state index is 0.318. The van der Waals surface area contributed by atoms with E-state index in [0.717, 1.165) is 18.8 Å². The molecule has 0 aliphatic carbocycles. The highest BCUT2D eigenvalue weighted by molar-refractivity contribution is 5.82. The van der Waals surface area contributed by atoms with Crippen molar-refractivity contribution in [2.24, 2.45) is 0 Å². The molecule has 1 aliphatic heterocycles. The van der Waals surface area contributed by atoms with Crippen molar-refractivity contribution >= 4 is 5.78 Å². The average molecular weight is 166 g/mol. The Morgan fingerprint density at radius 2 is 2.58 bits per heavy atom. The fourth-order valence-electron chi connectivity index (χ4n) is 1.37. The maximum absolute atomic E-state index is 10.9. The second-order valence-corrected chi connectivity index (χ2v) is 2.99. The molecule has 12 heavy (non-hydrogen) atoms. The van der Waals surface area contributed by atoms with Crippen molar-refractivity contribution in [3.8, 4) is 0 Å². The highest BCUT2D eigenvalue weighted by Gasteiger charge is 2.19. The SMILES string of the molecule is O=C1CCN(Cc2ccon2)C1. The van der Waals surface area contributed by atoms with Crippen LogP contribution in [0.15, 0.2) is 16.9 Å². The summed E-state index contributed by atoms with van der Waals surface area (Å²) in [7, 11) is 0. The molecule has 1 aromatic rings. The van der Waals surface area contributed by atoms with E-state index < -0.39 is 0 Å². The van der Waals surface area contributed by atoms with Gasteiger partial charge in [0, 0.05) is 25.6 Å². The maximum Gasteiger partial charge on any atom is 0.148 e. The lowest BCUT2D eigenvalue weighted by atomic mass is 10.4. The molecule has 1 saturated heterocycles. The highest BCUT2D eigenvalue weighted by Crippen LogP contribution is 2.08. The van der Waals surface area contributed by atoms with Crippen LogP contribution in [0.25, 0.3) is 0 Å². The molecule has 0 radical (unpaired) electrons. The Morgan fingerprint density at radius 1 is 1.67 bits per heavy atom. The molecule has 0 N–H and O–H groups in total. The molecular weight excluding hydrogens is 156 g/mol. The van der Waals surface area contributed by atoms with Gasteiger partial charge in [-0.25, -0.2) is 0 Å². The van der Waals surface area contributed by atoms with Crippen molar-refractivity contribution < 1.29 is 9.32 Å². The van der Waals surface area contributed by atoms with Crippen LogP contribution in [0.4, 0.5) is 0 Å². The van der Waals surface area contributed by atoms with Gasteiger partial charge < -0.3 is 4.52 Å². The predicted octanol–water partition coefficient (Wildman–Crippen LogP) is 0.449. The third-order valence-electron chi connectivity index (χ3n) is 1.98. The minimum Gasteiger partial charge on any atom is -0.364 e. The summed E-state index contributed by atoms with van der Waals surface area (Å²) < 4.78 is 4.69. The molecule has 0 aromatic carbocycles. The van der Waals surface area contributed by atoms with E-state index in [4.69, 9.17) is 4.52 Å². The van der Waals surface area contributed by atoms with E-state index in [1.165, 1.54) is 0 Å². The minimum absolute atomic E-state index is 0.318. The molecule has 0 atom stereocenters. The third-order valence-corrected chi connectivity index (χ3v) is 1.98. The van der Waals surface area contributed by atoms with Crippen LogP contribution in [-0.4, -0.2) is 28.9 Å². The number of likely N-dealkylation sites (tertiary alicyclic amines) is 1. The van der Waals surface area contributed by atoms with Crippen LogP contribution in [0.3, 0.4) is 0 Å². The summed E-state index contributed by atoms with van der Waals surface area (Å²) in [6.45, 7) is 2.14.